The number of anilines is 1. The molecular formula is C46H69N9O11. The lowest BCUT2D eigenvalue weighted by molar-refractivity contribution is -0.142. The maximum atomic E-state index is 13.1. The van der Waals surface area contributed by atoms with E-state index in [9.17, 15) is 33.6 Å². The summed E-state index contributed by atoms with van der Waals surface area (Å²) in [7, 11) is 0. The van der Waals surface area contributed by atoms with Crippen molar-refractivity contribution in [1.82, 2.24) is 35.8 Å². The number of nitrogens with one attached hydrogen (secondary N) is 4. The Labute approximate surface area is 386 Å². The Morgan fingerprint density at radius 3 is 2.21 bits per heavy atom. The first-order valence-electron chi connectivity index (χ1n) is 22.8. The van der Waals surface area contributed by atoms with Gasteiger partial charge in [0.1, 0.15) is 31.6 Å². The molecule has 1 aromatic carbocycles. The molecule has 364 valence electrons. The molecule has 0 radical (unpaired) electrons. The van der Waals surface area contributed by atoms with Crippen molar-refractivity contribution in [2.45, 2.75) is 129 Å². The summed E-state index contributed by atoms with van der Waals surface area (Å²) in [5.41, 5.74) is 6.50. The third-order valence-corrected chi connectivity index (χ3v) is 11.4. The summed E-state index contributed by atoms with van der Waals surface area (Å²) in [5.74, 6) is -2.23. The Bertz CT molecular complexity index is 1940. The summed E-state index contributed by atoms with van der Waals surface area (Å²) in [6.45, 7) is 11.2. The van der Waals surface area contributed by atoms with Crippen LogP contribution in [0.5, 0.6) is 0 Å². The van der Waals surface area contributed by atoms with Gasteiger partial charge in [-0.05, 0) is 116 Å². The molecule has 20 nitrogen and oxygen atoms in total. The Morgan fingerprint density at radius 1 is 0.864 bits per heavy atom. The van der Waals surface area contributed by atoms with Crippen LogP contribution in [0.4, 0.5) is 5.69 Å². The lowest BCUT2D eigenvalue weighted by Gasteiger charge is -2.30. The van der Waals surface area contributed by atoms with E-state index in [-0.39, 0.29) is 49.3 Å². The maximum Gasteiger partial charge on any atom is 0.302 e. The molecule has 6 amide bonds. The van der Waals surface area contributed by atoms with Crippen LogP contribution in [-0.4, -0.2) is 125 Å². The number of carbonyl (C=O) groups excluding carboxylic acids is 7. The van der Waals surface area contributed by atoms with E-state index in [4.69, 9.17) is 24.7 Å². The molecule has 2 aliphatic rings. The first-order chi connectivity index (χ1) is 31.4. The van der Waals surface area contributed by atoms with Crippen molar-refractivity contribution < 1.29 is 52.5 Å². The van der Waals surface area contributed by atoms with Gasteiger partial charge in [-0.15, -0.1) is 5.10 Å². The number of imide groups is 1. The van der Waals surface area contributed by atoms with Crippen LogP contribution in [-0.2, 0) is 72.2 Å². The van der Waals surface area contributed by atoms with E-state index in [2.05, 4.69) is 31.6 Å². The molecule has 2 heterocycles. The van der Waals surface area contributed by atoms with Crippen molar-refractivity contribution in [3.05, 3.63) is 53.9 Å². The van der Waals surface area contributed by atoms with Crippen LogP contribution in [0.15, 0.2) is 42.6 Å². The van der Waals surface area contributed by atoms with Crippen LogP contribution in [0, 0.1) is 11.8 Å². The summed E-state index contributed by atoms with van der Waals surface area (Å²) in [6, 6.07) is 5.96. The minimum absolute atomic E-state index is 0.0343. The van der Waals surface area contributed by atoms with E-state index in [1.807, 2.05) is 27.7 Å². The molecular weight excluding hydrogens is 855 g/mol. The Morgan fingerprint density at radius 2 is 1.53 bits per heavy atom. The summed E-state index contributed by atoms with van der Waals surface area (Å²) in [5, 5.41) is 19.6. The van der Waals surface area contributed by atoms with Crippen LogP contribution < -0.4 is 27.0 Å². The predicted molar refractivity (Wildman–Crippen MR) is 242 cm³/mol. The number of amides is 6. The fourth-order valence-corrected chi connectivity index (χ4v) is 7.35. The van der Waals surface area contributed by atoms with Crippen molar-refractivity contribution in [3.8, 4) is 0 Å². The number of rotatable bonds is 29. The van der Waals surface area contributed by atoms with Gasteiger partial charge in [0.2, 0.25) is 23.6 Å². The number of nitrogens with zero attached hydrogens (tertiary/aromatic N) is 4. The SMILES string of the molecule is CC(=O)OCc1ccc(NC(=O)C(CCCCN)NC(=O)COCC(=O)NCCC(C)(C)OCCC(C)(C)OCCn2cc(CNC(=O)C3CCC(CN4C(=O)C=CC4=O)CC3)nn2)cc1. The van der Waals surface area contributed by atoms with Crippen LogP contribution in [0.3, 0.4) is 0 Å². The standard InChI is InChI=1S/C46H69N9O11/c1-32(56)64-29-34-11-15-36(16-12-34)50-44(62)38(8-6-7-21-47)51-40(58)31-63-30-39(57)48-22-19-45(2,3)65-24-20-46(4,5)66-25-23-54-28-37(52-53-54)26-49-43(61)35-13-9-33(10-14-35)27-55-41(59)17-18-42(55)60/h11-12,15-18,28,33,35,38H,6-10,13-14,19-27,29-31,47H2,1-5H3,(H,48,57)(H,49,61)(H,50,62)(H,51,58). The van der Waals surface area contributed by atoms with Gasteiger partial charge in [0, 0.05) is 43.8 Å². The molecule has 0 bridgehead atoms. The molecule has 1 unspecified atom stereocenters. The van der Waals surface area contributed by atoms with Crippen LogP contribution >= 0.6 is 0 Å². The molecule has 1 aliphatic heterocycles. The third kappa shape index (κ3) is 19.5. The maximum absolute atomic E-state index is 13.1. The van der Waals surface area contributed by atoms with Gasteiger partial charge < -0.3 is 45.9 Å². The number of hydrogen-bond acceptors (Lipinski definition) is 14. The molecule has 1 saturated carbocycles. The van der Waals surface area contributed by atoms with E-state index in [1.165, 1.54) is 24.0 Å². The highest BCUT2D eigenvalue weighted by molar-refractivity contribution is 6.12. The second-order valence-electron chi connectivity index (χ2n) is 18.0. The number of unbranched alkanes of at least 4 members (excludes halogenated alkanes) is 1. The molecule has 6 N–H and O–H groups in total. The molecule has 1 aromatic heterocycles. The number of esters is 1. The van der Waals surface area contributed by atoms with Crippen molar-refractivity contribution >= 4 is 47.1 Å². The van der Waals surface area contributed by atoms with Crippen molar-refractivity contribution in [2.24, 2.45) is 17.6 Å². The van der Waals surface area contributed by atoms with Crippen molar-refractivity contribution in [2.75, 3.05) is 51.4 Å². The topological polar surface area (TPSA) is 264 Å². The van der Waals surface area contributed by atoms with Gasteiger partial charge in [-0.25, -0.2) is 4.68 Å². The van der Waals surface area contributed by atoms with Gasteiger partial charge in [0.25, 0.3) is 11.8 Å². The van der Waals surface area contributed by atoms with Crippen LogP contribution in [0.25, 0.3) is 0 Å². The van der Waals surface area contributed by atoms with E-state index in [1.54, 1.807) is 35.1 Å². The zero-order valence-corrected chi connectivity index (χ0v) is 39.1. The molecule has 1 aliphatic carbocycles. The van der Waals surface area contributed by atoms with Crippen molar-refractivity contribution in [3.63, 3.8) is 0 Å². The minimum Gasteiger partial charge on any atom is -0.461 e. The van der Waals surface area contributed by atoms with E-state index < -0.39 is 47.5 Å². The number of nitrogens with two attached hydrogens (primary N) is 1. The zero-order valence-electron chi connectivity index (χ0n) is 39.1. The summed E-state index contributed by atoms with van der Waals surface area (Å²) >= 11 is 0. The van der Waals surface area contributed by atoms with Gasteiger partial charge in [-0.2, -0.15) is 0 Å². The summed E-state index contributed by atoms with van der Waals surface area (Å²) in [4.78, 5) is 87.2. The minimum atomic E-state index is -0.845. The normalized spacial score (nSPS) is 16.8. The van der Waals surface area contributed by atoms with Gasteiger partial charge >= 0.3 is 5.97 Å². The quantitative estimate of drug-likeness (QED) is 0.0446. The zero-order chi connectivity index (χ0) is 48.1. The van der Waals surface area contributed by atoms with Crippen molar-refractivity contribution in [1.29, 1.82) is 0 Å². The molecule has 1 fully saturated rings. The smallest absolute Gasteiger partial charge is 0.302 e. The molecule has 1 atom stereocenters. The number of ether oxygens (including phenoxy) is 4. The number of hydrogen-bond donors (Lipinski definition) is 5. The first-order valence-corrected chi connectivity index (χ1v) is 22.8. The van der Waals surface area contributed by atoms with Gasteiger partial charge in [-0.1, -0.05) is 17.3 Å². The molecule has 20 heteroatoms. The highest BCUT2D eigenvalue weighted by Gasteiger charge is 2.31. The monoisotopic (exact) mass is 924 g/mol. The fourth-order valence-electron chi connectivity index (χ4n) is 7.35. The van der Waals surface area contributed by atoms with Gasteiger partial charge in [-0.3, -0.25) is 38.5 Å². The van der Waals surface area contributed by atoms with Gasteiger partial charge in [0.15, 0.2) is 0 Å². The summed E-state index contributed by atoms with van der Waals surface area (Å²) < 4.78 is 24.3. The highest BCUT2D eigenvalue weighted by Crippen LogP contribution is 2.30. The van der Waals surface area contributed by atoms with E-state index in [0.29, 0.717) is 95.7 Å². The lowest BCUT2D eigenvalue weighted by atomic mass is 9.81. The highest BCUT2D eigenvalue weighted by atomic mass is 16.5. The molecule has 66 heavy (non-hydrogen) atoms. The molecule has 0 spiro atoms. The second-order valence-corrected chi connectivity index (χ2v) is 18.0. The largest absolute Gasteiger partial charge is 0.461 e. The first kappa shape index (κ1) is 53.0. The number of carbonyl (C=O) groups is 7. The van der Waals surface area contributed by atoms with Gasteiger partial charge in [0.05, 0.1) is 43.7 Å². The predicted octanol–water partition coefficient (Wildman–Crippen LogP) is 2.44. The fraction of sp³-hybridized carbons (Fsp3) is 0.630. The molecule has 0 saturated heterocycles. The van der Waals surface area contributed by atoms with E-state index >= 15 is 0 Å². The van der Waals surface area contributed by atoms with E-state index in [0.717, 1.165) is 18.4 Å². The average molecular weight is 924 g/mol. The Kier molecular flexibility index (Phi) is 21.3. The summed E-state index contributed by atoms with van der Waals surface area (Å²) in [6.07, 6.45) is 10.1. The lowest BCUT2D eigenvalue weighted by Crippen LogP contribution is -2.45. The Balaban J connectivity index is 1.04. The second kappa shape index (κ2) is 26.5. The average Bonchev–Trinajstić information content (AvgIpc) is 3.86. The van der Waals surface area contributed by atoms with Crippen LogP contribution in [0.1, 0.15) is 104 Å². The number of benzene rings is 1. The Hall–Kier alpha value is -5.57. The van der Waals surface area contributed by atoms with Crippen LogP contribution in [0.2, 0.25) is 0 Å². The molecule has 4 rings (SSSR count). The third-order valence-electron chi connectivity index (χ3n) is 11.4. The number of aromatic nitrogens is 3. The molecule has 2 aromatic rings.